The number of fused-ring (bicyclic) bond motifs is 2. The van der Waals surface area contributed by atoms with Gasteiger partial charge in [-0.1, -0.05) is 148 Å². The number of nitrogens with zero attached hydrogens (tertiary/aromatic N) is 10. The molecule has 3 heterocycles. The molecule has 2 aromatic carbocycles. The molecule has 2 aliphatic carbocycles. The quantitative estimate of drug-likeness (QED) is 0.00535. The second kappa shape index (κ2) is 67.7. The lowest BCUT2D eigenvalue weighted by Gasteiger charge is -2.35. The van der Waals surface area contributed by atoms with Crippen LogP contribution in [0.5, 0.6) is 11.5 Å². The molecule has 5 aromatic rings. The van der Waals surface area contributed by atoms with Crippen LogP contribution in [0.3, 0.4) is 0 Å². The van der Waals surface area contributed by atoms with Crippen LogP contribution >= 0.6 is 46.2 Å². The van der Waals surface area contributed by atoms with Gasteiger partial charge in [0.25, 0.3) is 0 Å². The first-order chi connectivity index (χ1) is 50.5. The van der Waals surface area contributed by atoms with E-state index in [0.29, 0.717) is 143 Å². The van der Waals surface area contributed by atoms with Crippen LogP contribution in [0, 0.1) is 12.3 Å². The zero-order valence-corrected chi connectivity index (χ0v) is 65.0. The van der Waals surface area contributed by atoms with Crippen molar-refractivity contribution in [2.45, 2.75) is 248 Å². The number of azide groups is 1. The third-order valence-corrected chi connectivity index (χ3v) is 20.9. The van der Waals surface area contributed by atoms with Crippen molar-refractivity contribution in [3.05, 3.63) is 126 Å². The highest BCUT2D eigenvalue weighted by Crippen LogP contribution is 2.34. The first kappa shape index (κ1) is 113. The number of hydrogen-bond donors (Lipinski definition) is 4. The molecule has 0 spiro atoms. The summed E-state index contributed by atoms with van der Waals surface area (Å²) in [4.78, 5) is 108. The number of benzene rings is 2. The Hall–Kier alpha value is -7.77. The summed E-state index contributed by atoms with van der Waals surface area (Å²) < 4.78 is 12.8. The molecule has 28 heteroatoms. The first-order valence-corrected chi connectivity index (χ1v) is 40.7. The summed E-state index contributed by atoms with van der Waals surface area (Å²) in [5, 5.41) is 38.8. The number of carboxylic acid groups (broad SMARTS) is 2. The van der Waals surface area contributed by atoms with E-state index in [0.717, 1.165) is 102 Å². The standard InChI is InChI=1S/C37H52N6O6S2.C21H26N4O2S.C16H26N2O4S.C2H6.8CH4/c1-3-18-41(19-15-31-10-7-22-51-31)30-13-14-32-28(25-30)8-5-11-33(32)49-37(48)27-43-26-29(39-40-43)9-6-12-34(44)38-17-20-42(35(45)4-2)21-24-50-23-16-36(46)47;1-2-11-25(12-10-18-6-4-13-28-18)17-8-9-19-16(14-17)5-3-7-20(19)27-21(26)15-23-24-22;1-3-5-6-7-14(19)17-9-10-18(15(20)4-2)11-13-23-12-8-16(21)22;1-2;;;;;;;;/h5,7-8,10-11,22,26,30H,3-4,6,9,12-21,23-25,27H2,1-2H3,(H,38,44)(H,46,47);3-7,13,17H,2,8-12,14-15H2,1H3;1H,4-13H2,2H3,(H,17,19)(H,21,22);1-2H3;8*1H4. The smallest absolute Gasteiger partial charge is 0.333 e. The second-order valence-electron chi connectivity index (χ2n) is 24.6. The van der Waals surface area contributed by atoms with Gasteiger partial charge in [0.2, 0.25) is 23.6 Å². The normalized spacial score (nSPS) is 12.3. The van der Waals surface area contributed by atoms with E-state index >= 15 is 0 Å². The van der Waals surface area contributed by atoms with Crippen LogP contribution in [0.15, 0.2) is 82.7 Å². The summed E-state index contributed by atoms with van der Waals surface area (Å²) in [6, 6.07) is 21.5. The van der Waals surface area contributed by atoms with Crippen LogP contribution in [0.2, 0.25) is 0 Å². The number of hydrogen-bond acceptors (Lipinski definition) is 19. The van der Waals surface area contributed by atoms with Gasteiger partial charge in [0.05, 0.1) is 18.5 Å². The van der Waals surface area contributed by atoms with Crippen LogP contribution in [0.4, 0.5) is 0 Å². The maximum atomic E-state index is 12.9. The average molecular weight is 1640 g/mol. The predicted molar refractivity (Wildman–Crippen MR) is 469 cm³/mol. The van der Waals surface area contributed by atoms with Crippen LogP contribution in [-0.4, -0.2) is 199 Å². The van der Waals surface area contributed by atoms with Gasteiger partial charge in [-0.3, -0.25) is 43.4 Å². The van der Waals surface area contributed by atoms with Gasteiger partial charge in [0.15, 0.2) is 0 Å². The lowest BCUT2D eigenvalue weighted by atomic mass is 9.86. The van der Waals surface area contributed by atoms with E-state index in [1.165, 1.54) is 49.1 Å². The van der Waals surface area contributed by atoms with E-state index in [1.807, 2.05) is 60.8 Å². The maximum Gasteiger partial charge on any atom is 0.333 e. The van der Waals surface area contributed by atoms with E-state index in [-0.39, 0.29) is 109 Å². The van der Waals surface area contributed by atoms with E-state index < -0.39 is 23.9 Å². The third-order valence-electron chi connectivity index (χ3n) is 17.1. The van der Waals surface area contributed by atoms with Gasteiger partial charge in [0.1, 0.15) is 24.6 Å². The molecular formula is C84H142N12O12S4. The Morgan fingerprint density at radius 2 is 1.06 bits per heavy atom. The fourth-order valence-electron chi connectivity index (χ4n) is 12.0. The van der Waals surface area contributed by atoms with E-state index in [9.17, 15) is 38.4 Å². The minimum Gasteiger partial charge on any atom is -0.481 e. The molecule has 4 N–H and O–H groups in total. The molecular weight excluding hydrogens is 1500 g/mol. The summed E-state index contributed by atoms with van der Waals surface area (Å²) in [5.41, 5.74) is 13.8. The number of nitrogens with one attached hydrogen (secondary N) is 2. The van der Waals surface area contributed by atoms with E-state index in [1.54, 1.807) is 29.8 Å². The van der Waals surface area contributed by atoms with Crippen molar-refractivity contribution in [1.29, 1.82) is 0 Å². The third kappa shape index (κ3) is 45.2. The number of ether oxygens (including phenoxy) is 2. The Morgan fingerprint density at radius 1 is 0.607 bits per heavy atom. The Labute approximate surface area is 690 Å². The molecule has 24 nitrogen and oxygen atoms in total. The highest BCUT2D eigenvalue weighted by Gasteiger charge is 2.29. The first-order valence-electron chi connectivity index (χ1n) is 36.6. The van der Waals surface area contributed by atoms with Crippen molar-refractivity contribution in [2.75, 3.05) is 95.0 Å². The number of rotatable bonds is 45. The molecule has 4 amide bonds. The molecule has 2 unspecified atom stereocenters. The minimum absolute atomic E-state index is 0. The fraction of sp³-hybridized carbons (Fsp3) is 0.619. The number of amides is 4. The zero-order valence-electron chi connectivity index (χ0n) is 61.8. The predicted octanol–water partition coefficient (Wildman–Crippen LogP) is 16.9. The minimum atomic E-state index is -0.832. The van der Waals surface area contributed by atoms with Crippen LogP contribution in [-0.2, 0) is 89.8 Å². The van der Waals surface area contributed by atoms with E-state index in [4.69, 9.17) is 31.6 Å². The number of carboxylic acids is 2. The molecule has 634 valence electrons. The Morgan fingerprint density at radius 3 is 1.47 bits per heavy atom. The number of unbranched alkanes of at least 4 members (excludes halogenated alkanes) is 1. The molecule has 112 heavy (non-hydrogen) atoms. The Balaban J connectivity index is -0.000000535. The number of esters is 2. The van der Waals surface area contributed by atoms with Gasteiger partial charge in [-0.25, -0.2) is 9.48 Å². The average Bonchev–Trinajstić information content (AvgIpc) is 0.859. The van der Waals surface area contributed by atoms with Crippen molar-refractivity contribution in [2.24, 2.45) is 5.11 Å². The van der Waals surface area contributed by atoms with Crippen molar-refractivity contribution >= 4 is 93.7 Å². The second-order valence-corrected chi connectivity index (χ2v) is 29.2. The van der Waals surface area contributed by atoms with Crippen molar-refractivity contribution in [1.82, 2.24) is 45.2 Å². The molecule has 3 aromatic heterocycles. The summed E-state index contributed by atoms with van der Waals surface area (Å²) in [6.45, 7) is 18.7. The number of thiophene rings is 2. The van der Waals surface area contributed by atoms with Gasteiger partial charge in [0, 0.05) is 140 Å². The number of carbonyl (C=O) groups excluding carboxylic acids is 6. The molecule has 0 fully saturated rings. The van der Waals surface area contributed by atoms with Crippen molar-refractivity contribution < 1.29 is 58.0 Å². The summed E-state index contributed by atoms with van der Waals surface area (Å²) in [6.07, 6.45) is 21.1. The highest BCUT2D eigenvalue weighted by molar-refractivity contribution is 7.99. The molecule has 0 saturated heterocycles. The zero-order chi connectivity index (χ0) is 75.7. The number of terminal acetylenes is 1. The summed E-state index contributed by atoms with van der Waals surface area (Å²) >= 11 is 6.65. The number of thioether (sulfide) groups is 2. The van der Waals surface area contributed by atoms with Gasteiger partial charge in [-0.2, -0.15) is 23.5 Å². The van der Waals surface area contributed by atoms with Gasteiger partial charge >= 0.3 is 23.9 Å². The lowest BCUT2D eigenvalue weighted by molar-refractivity contribution is -0.137. The number of aromatic nitrogens is 3. The van der Waals surface area contributed by atoms with Crippen LogP contribution in [0.1, 0.15) is 222 Å². The van der Waals surface area contributed by atoms with Crippen molar-refractivity contribution in [3.8, 4) is 23.8 Å². The Kier molecular flexibility index (Phi) is 68.2. The highest BCUT2D eigenvalue weighted by atomic mass is 32.2. The summed E-state index contributed by atoms with van der Waals surface area (Å²) in [7, 11) is 0. The summed E-state index contributed by atoms with van der Waals surface area (Å²) in [5.74, 6) is 3.40. The molecule has 0 bridgehead atoms. The largest absolute Gasteiger partial charge is 0.481 e. The number of aryl methyl sites for hydroxylation is 1. The molecule has 0 saturated carbocycles. The van der Waals surface area contributed by atoms with Crippen molar-refractivity contribution in [3.63, 3.8) is 0 Å². The Bertz CT molecular complexity index is 3460. The van der Waals surface area contributed by atoms with Crippen LogP contribution in [0.25, 0.3) is 10.4 Å². The lowest BCUT2D eigenvalue weighted by Crippen LogP contribution is -2.41. The maximum absolute atomic E-state index is 12.9. The molecule has 0 radical (unpaired) electrons. The van der Waals surface area contributed by atoms with Gasteiger partial charge < -0.3 is 40.1 Å². The molecule has 7 rings (SSSR count). The SMILES string of the molecule is C.C.C.C.C.C.C.C.C#CCCCC(=O)NCCN(CCSCCC(=O)O)C(=O)CC.CC.CCCN(CCc1cccs1)C1CCc2c(cccc2OC(=O)CN=[N+]=[N-])C1.CCCN(CCc1cccs1)C1CCc2c(cccc2OC(=O)Cn2cc(CCCC(=O)NCCN(CCSCCC(=O)O)C(=O)CC)nn2)C1. The molecule has 2 aliphatic rings. The monoisotopic (exact) mass is 1640 g/mol. The topological polar surface area (TPSA) is 312 Å². The molecule has 0 aliphatic heterocycles. The van der Waals surface area contributed by atoms with Gasteiger partial charge in [-0.15, -0.1) is 40.1 Å². The van der Waals surface area contributed by atoms with Crippen LogP contribution < -0.4 is 20.1 Å². The number of aliphatic carboxylic acids is 2. The van der Waals surface area contributed by atoms with Gasteiger partial charge in [-0.05, 0) is 159 Å². The number of carbonyl (C=O) groups is 8. The molecule has 2 atom stereocenters. The van der Waals surface area contributed by atoms with E-state index in [2.05, 4.69) is 108 Å². The fourth-order valence-corrected chi connectivity index (χ4v) is 15.1.